The molecule has 2 aliphatic carbocycles. The van der Waals surface area contributed by atoms with Crippen LogP contribution in [0.2, 0.25) is 5.02 Å². The van der Waals surface area contributed by atoms with Crippen molar-refractivity contribution in [1.82, 2.24) is 19.5 Å². The number of imidazole rings is 1. The lowest BCUT2D eigenvalue weighted by atomic mass is 9.87. The van der Waals surface area contributed by atoms with Crippen molar-refractivity contribution in [2.24, 2.45) is 5.92 Å². The Hall–Kier alpha value is -2.45. The lowest BCUT2D eigenvalue weighted by Crippen LogP contribution is -2.20. The van der Waals surface area contributed by atoms with Crippen LogP contribution in [-0.4, -0.2) is 36.8 Å². The molecule has 2 aliphatic rings. The van der Waals surface area contributed by atoms with E-state index in [1.807, 2.05) is 0 Å². The summed E-state index contributed by atoms with van der Waals surface area (Å²) in [4.78, 5) is 13.9. The first-order valence-electron chi connectivity index (χ1n) is 11.4. The number of rotatable bonds is 5. The van der Waals surface area contributed by atoms with E-state index in [1.54, 1.807) is 18.3 Å². The molecule has 32 heavy (non-hydrogen) atoms. The van der Waals surface area contributed by atoms with E-state index in [4.69, 9.17) is 21.6 Å². The Morgan fingerprint density at radius 2 is 1.94 bits per heavy atom. The van der Waals surface area contributed by atoms with Crippen LogP contribution in [0.15, 0.2) is 24.4 Å². The minimum Gasteiger partial charge on any atom is -0.393 e. The Morgan fingerprint density at radius 1 is 1.12 bits per heavy atom. The maximum absolute atomic E-state index is 14.5. The molecule has 2 heterocycles. The monoisotopic (exact) mass is 458 g/mol. The maximum atomic E-state index is 14.5. The van der Waals surface area contributed by atoms with Crippen molar-refractivity contribution in [2.45, 2.75) is 70.1 Å². The molecule has 2 fully saturated rings. The molecule has 0 bridgehead atoms. The van der Waals surface area contributed by atoms with Gasteiger partial charge in [-0.3, -0.25) is 4.57 Å². The molecule has 0 radical (unpaired) electrons. The molecule has 2 atom stereocenters. The van der Waals surface area contributed by atoms with Crippen molar-refractivity contribution in [2.75, 3.05) is 10.6 Å². The van der Waals surface area contributed by atoms with E-state index in [-0.39, 0.29) is 23.9 Å². The first-order chi connectivity index (χ1) is 15.5. The Bertz CT molecular complexity index is 1090. The Labute approximate surface area is 191 Å². The number of hydrogen-bond donors (Lipinski definition) is 3. The first-order valence-corrected chi connectivity index (χ1v) is 11.8. The molecule has 5 rings (SSSR count). The van der Waals surface area contributed by atoms with Crippen LogP contribution in [0.25, 0.3) is 11.2 Å². The van der Waals surface area contributed by atoms with Crippen molar-refractivity contribution < 1.29 is 9.50 Å². The van der Waals surface area contributed by atoms with E-state index in [9.17, 15) is 9.50 Å². The van der Waals surface area contributed by atoms with Gasteiger partial charge in [-0.25, -0.2) is 14.4 Å². The van der Waals surface area contributed by atoms with E-state index < -0.39 is 5.82 Å². The lowest BCUT2D eigenvalue weighted by molar-refractivity contribution is 0.182. The highest BCUT2D eigenvalue weighted by molar-refractivity contribution is 6.33. The van der Waals surface area contributed by atoms with Crippen LogP contribution < -0.4 is 10.6 Å². The fourth-order valence-corrected chi connectivity index (χ4v) is 5.11. The van der Waals surface area contributed by atoms with Crippen LogP contribution in [0.5, 0.6) is 0 Å². The van der Waals surface area contributed by atoms with Crippen molar-refractivity contribution >= 4 is 40.3 Å². The highest BCUT2D eigenvalue weighted by Crippen LogP contribution is 2.38. The van der Waals surface area contributed by atoms with Gasteiger partial charge in [0.25, 0.3) is 0 Å². The second-order valence-electron chi connectivity index (χ2n) is 9.15. The second kappa shape index (κ2) is 8.83. The van der Waals surface area contributed by atoms with E-state index in [0.29, 0.717) is 34.8 Å². The van der Waals surface area contributed by atoms with E-state index in [0.717, 1.165) is 44.2 Å². The molecule has 0 amide bonds. The average Bonchev–Trinajstić information content (AvgIpc) is 3.34. The van der Waals surface area contributed by atoms with Crippen molar-refractivity contribution in [1.29, 1.82) is 0 Å². The van der Waals surface area contributed by atoms with Gasteiger partial charge in [0.05, 0.1) is 23.0 Å². The number of nitrogens with one attached hydrogen (secondary N) is 2. The SMILES string of the molecule is C[C@H]1CC[C@@H](n2c(Nc3c(F)cccc3Cl)nc3cnc(N[C@H]4CC[C@H](O)C4)nc32)CC1. The van der Waals surface area contributed by atoms with Gasteiger partial charge in [0.15, 0.2) is 5.65 Å². The number of para-hydroxylation sites is 1. The summed E-state index contributed by atoms with van der Waals surface area (Å²) in [6, 6.07) is 4.98. The third kappa shape index (κ3) is 4.26. The summed E-state index contributed by atoms with van der Waals surface area (Å²) in [5, 5.41) is 16.6. The van der Waals surface area contributed by atoms with Crippen molar-refractivity contribution in [3.8, 4) is 0 Å². The lowest BCUT2D eigenvalue weighted by Gasteiger charge is -2.28. The van der Waals surface area contributed by atoms with Crippen LogP contribution in [0.3, 0.4) is 0 Å². The first kappa shape index (κ1) is 21.4. The van der Waals surface area contributed by atoms with Crippen LogP contribution in [0.4, 0.5) is 22.0 Å². The maximum Gasteiger partial charge on any atom is 0.224 e. The van der Waals surface area contributed by atoms with E-state index in [1.165, 1.54) is 6.07 Å². The number of aliphatic hydroxyl groups is 1. The van der Waals surface area contributed by atoms with Gasteiger partial charge in [0, 0.05) is 12.1 Å². The van der Waals surface area contributed by atoms with Gasteiger partial charge in [0.2, 0.25) is 11.9 Å². The van der Waals surface area contributed by atoms with Gasteiger partial charge >= 0.3 is 0 Å². The number of hydrogen-bond acceptors (Lipinski definition) is 6. The number of fused-ring (bicyclic) bond motifs is 1. The molecule has 2 aromatic heterocycles. The summed E-state index contributed by atoms with van der Waals surface area (Å²) in [6.45, 7) is 2.28. The summed E-state index contributed by atoms with van der Waals surface area (Å²) in [7, 11) is 0. The van der Waals surface area contributed by atoms with Crippen molar-refractivity contribution in [3.05, 3.63) is 35.2 Å². The number of halogens is 2. The fraction of sp³-hybridized carbons (Fsp3) is 0.522. The quantitative estimate of drug-likeness (QED) is 0.472. The molecule has 3 N–H and O–H groups in total. The molecule has 0 spiro atoms. The molecule has 7 nitrogen and oxygen atoms in total. The molecular weight excluding hydrogens is 431 g/mol. The van der Waals surface area contributed by atoms with Gasteiger partial charge in [-0.1, -0.05) is 24.6 Å². The summed E-state index contributed by atoms with van der Waals surface area (Å²) < 4.78 is 16.6. The highest BCUT2D eigenvalue weighted by Gasteiger charge is 2.27. The molecule has 170 valence electrons. The summed E-state index contributed by atoms with van der Waals surface area (Å²) in [5.41, 5.74) is 1.58. The van der Waals surface area contributed by atoms with Gasteiger partial charge < -0.3 is 15.7 Å². The summed E-state index contributed by atoms with van der Waals surface area (Å²) >= 11 is 6.27. The topological polar surface area (TPSA) is 87.9 Å². The molecule has 0 aliphatic heterocycles. The van der Waals surface area contributed by atoms with Gasteiger partial charge in [-0.15, -0.1) is 0 Å². The summed E-state index contributed by atoms with van der Waals surface area (Å²) in [6.07, 6.45) is 8.07. The zero-order valence-corrected chi connectivity index (χ0v) is 18.8. The number of anilines is 3. The standard InChI is InChI=1S/C23H28ClFN6O/c1-13-5-8-15(9-6-13)31-21-19(12-26-22(30-21)27-14-7-10-16(32)11-14)28-23(31)29-20-17(24)3-2-4-18(20)25/h2-4,12-16,32H,5-11H2,1H3,(H,28,29)(H,26,27,30)/t13-,14-,15+,16-/m0/s1. The fourth-order valence-electron chi connectivity index (χ4n) is 4.90. The Kier molecular flexibility index (Phi) is 5.90. The molecule has 9 heteroatoms. The normalized spacial score (nSPS) is 25.9. The zero-order valence-electron chi connectivity index (χ0n) is 18.1. The molecular formula is C23H28ClFN6O. The molecule has 0 saturated heterocycles. The van der Waals surface area contributed by atoms with Crippen LogP contribution in [-0.2, 0) is 0 Å². The predicted molar refractivity (Wildman–Crippen MR) is 124 cm³/mol. The third-order valence-electron chi connectivity index (χ3n) is 6.72. The van der Waals surface area contributed by atoms with Gasteiger partial charge in [0.1, 0.15) is 11.3 Å². The van der Waals surface area contributed by atoms with Crippen LogP contribution >= 0.6 is 11.6 Å². The van der Waals surface area contributed by atoms with Crippen LogP contribution in [0, 0.1) is 11.7 Å². The van der Waals surface area contributed by atoms with Gasteiger partial charge in [-0.2, -0.15) is 4.98 Å². The highest BCUT2D eigenvalue weighted by atomic mass is 35.5. The summed E-state index contributed by atoms with van der Waals surface area (Å²) in [5.74, 6) is 1.31. The molecule has 1 aromatic carbocycles. The number of benzene rings is 1. The van der Waals surface area contributed by atoms with Gasteiger partial charge in [-0.05, 0) is 63.0 Å². The average molecular weight is 459 g/mol. The predicted octanol–water partition coefficient (Wildman–Crippen LogP) is 5.44. The molecule has 3 aromatic rings. The molecule has 2 saturated carbocycles. The van der Waals surface area contributed by atoms with Crippen molar-refractivity contribution in [3.63, 3.8) is 0 Å². The number of aromatic nitrogens is 4. The van der Waals surface area contributed by atoms with E-state index >= 15 is 0 Å². The zero-order chi connectivity index (χ0) is 22.2. The van der Waals surface area contributed by atoms with E-state index in [2.05, 4.69) is 27.1 Å². The number of nitrogens with zero attached hydrogens (tertiary/aromatic N) is 4. The Morgan fingerprint density at radius 3 is 2.66 bits per heavy atom. The second-order valence-corrected chi connectivity index (χ2v) is 9.56. The molecule has 0 unspecified atom stereocenters. The number of aliphatic hydroxyl groups excluding tert-OH is 1. The minimum absolute atomic E-state index is 0.157. The smallest absolute Gasteiger partial charge is 0.224 e. The largest absolute Gasteiger partial charge is 0.393 e. The Balaban J connectivity index is 1.53. The van der Waals surface area contributed by atoms with Crippen LogP contribution in [0.1, 0.15) is 57.9 Å². The minimum atomic E-state index is -0.429. The third-order valence-corrected chi connectivity index (χ3v) is 7.04.